The highest BCUT2D eigenvalue weighted by Gasteiger charge is 2.19. The molecule has 0 radical (unpaired) electrons. The number of thiazole rings is 1. The zero-order valence-electron chi connectivity index (χ0n) is 13.4. The minimum atomic E-state index is -0.00933. The lowest BCUT2D eigenvalue weighted by molar-refractivity contribution is 0.246. The minimum absolute atomic E-state index is 0.00933. The largest absolute Gasteiger partial charge is 0.353 e. The molecule has 0 aliphatic carbocycles. The predicted octanol–water partition coefficient (Wildman–Crippen LogP) is 1.18. The number of nitrogens with zero attached hydrogens (tertiary/aromatic N) is 6. The maximum atomic E-state index is 12.1. The van der Waals surface area contributed by atoms with E-state index in [0.29, 0.717) is 6.54 Å². The van der Waals surface area contributed by atoms with Gasteiger partial charge in [0.2, 0.25) is 0 Å². The monoisotopic (exact) mass is 342 g/mol. The van der Waals surface area contributed by atoms with Gasteiger partial charge in [0.25, 0.3) is 5.56 Å². The molecule has 0 saturated carbocycles. The van der Waals surface area contributed by atoms with Crippen LogP contribution in [0.4, 0.5) is 5.82 Å². The first kappa shape index (κ1) is 15.2. The van der Waals surface area contributed by atoms with E-state index in [1.165, 1.54) is 11.3 Å². The average Bonchev–Trinajstić information content (AvgIpc) is 3.05. The molecule has 3 aromatic heterocycles. The smallest absolute Gasteiger partial charge is 0.258 e. The van der Waals surface area contributed by atoms with Gasteiger partial charge in [0.05, 0.1) is 17.6 Å². The van der Waals surface area contributed by atoms with E-state index in [1.807, 2.05) is 18.5 Å². The molecular weight excluding hydrogens is 324 g/mol. The highest BCUT2D eigenvalue weighted by molar-refractivity contribution is 7.15. The Kier molecular flexibility index (Phi) is 3.99. The maximum absolute atomic E-state index is 12.1. The number of rotatable bonds is 3. The van der Waals surface area contributed by atoms with Crippen molar-refractivity contribution in [1.29, 1.82) is 0 Å². The second-order valence-electron chi connectivity index (χ2n) is 5.92. The van der Waals surface area contributed by atoms with Gasteiger partial charge < -0.3 is 4.90 Å². The van der Waals surface area contributed by atoms with Crippen LogP contribution in [0.15, 0.2) is 34.8 Å². The zero-order valence-corrected chi connectivity index (χ0v) is 14.2. The fourth-order valence-corrected chi connectivity index (χ4v) is 3.67. The van der Waals surface area contributed by atoms with Crippen LogP contribution in [0.5, 0.6) is 0 Å². The van der Waals surface area contributed by atoms with E-state index >= 15 is 0 Å². The fourth-order valence-electron chi connectivity index (χ4n) is 2.94. The number of hydrogen-bond acceptors (Lipinski definition) is 7. The first-order valence-electron chi connectivity index (χ1n) is 7.91. The summed E-state index contributed by atoms with van der Waals surface area (Å²) >= 11 is 1.49. The summed E-state index contributed by atoms with van der Waals surface area (Å²) in [7, 11) is 0. The van der Waals surface area contributed by atoms with Gasteiger partial charge in [-0.25, -0.2) is 9.97 Å². The molecule has 1 aliphatic rings. The molecule has 1 aliphatic heterocycles. The van der Waals surface area contributed by atoms with E-state index in [9.17, 15) is 4.79 Å². The van der Waals surface area contributed by atoms with Crippen molar-refractivity contribution in [2.75, 3.05) is 31.1 Å². The van der Waals surface area contributed by atoms with E-state index in [1.54, 1.807) is 22.9 Å². The molecule has 4 heterocycles. The summed E-state index contributed by atoms with van der Waals surface area (Å²) in [6.07, 6.45) is 5.35. The van der Waals surface area contributed by atoms with E-state index < -0.39 is 0 Å². The van der Waals surface area contributed by atoms with Crippen molar-refractivity contribution in [3.63, 3.8) is 0 Å². The fraction of sp³-hybridized carbons (Fsp3) is 0.375. The molecule has 0 atom stereocenters. The van der Waals surface area contributed by atoms with Crippen LogP contribution in [0.3, 0.4) is 0 Å². The second-order valence-corrected chi connectivity index (χ2v) is 6.80. The van der Waals surface area contributed by atoms with Gasteiger partial charge in [-0.2, -0.15) is 0 Å². The number of piperazine rings is 1. The van der Waals surface area contributed by atoms with E-state index in [4.69, 9.17) is 0 Å². The van der Waals surface area contributed by atoms with Crippen LogP contribution >= 0.6 is 11.3 Å². The number of aromatic nitrogens is 4. The molecular formula is C16H18N6OS. The Morgan fingerprint density at radius 1 is 1.17 bits per heavy atom. The standard InChI is InChI=1S/C16H18N6OS/c1-12-9-17-10-14(18-12)21-4-2-20(3-5-21)11-13-8-15(23)22-6-7-24-16(22)19-13/h6-10H,2-5,11H2,1H3. The van der Waals surface area contributed by atoms with Crippen molar-refractivity contribution in [3.05, 3.63) is 51.8 Å². The lowest BCUT2D eigenvalue weighted by Gasteiger charge is -2.35. The Morgan fingerprint density at radius 2 is 2.00 bits per heavy atom. The molecule has 0 amide bonds. The van der Waals surface area contributed by atoms with Gasteiger partial charge in [-0.15, -0.1) is 11.3 Å². The Morgan fingerprint density at radius 3 is 2.79 bits per heavy atom. The van der Waals surface area contributed by atoms with Crippen LogP contribution in [0.25, 0.3) is 4.96 Å². The van der Waals surface area contributed by atoms with Gasteiger partial charge in [0, 0.05) is 56.6 Å². The Hall–Kier alpha value is -2.32. The molecule has 0 aromatic carbocycles. The number of aryl methyl sites for hydroxylation is 1. The summed E-state index contributed by atoms with van der Waals surface area (Å²) in [5.74, 6) is 0.936. The molecule has 1 fully saturated rings. The van der Waals surface area contributed by atoms with Crippen molar-refractivity contribution in [2.24, 2.45) is 0 Å². The second kappa shape index (κ2) is 6.29. The number of hydrogen-bond donors (Lipinski definition) is 0. The van der Waals surface area contributed by atoms with Gasteiger partial charge in [0.1, 0.15) is 5.82 Å². The molecule has 0 N–H and O–H groups in total. The molecule has 0 unspecified atom stereocenters. The average molecular weight is 342 g/mol. The van der Waals surface area contributed by atoms with E-state index in [-0.39, 0.29) is 5.56 Å². The molecule has 0 spiro atoms. The third-order valence-corrected chi connectivity index (χ3v) is 4.94. The summed E-state index contributed by atoms with van der Waals surface area (Å²) in [6.45, 7) is 6.30. The molecule has 124 valence electrons. The van der Waals surface area contributed by atoms with Crippen LogP contribution in [-0.2, 0) is 6.54 Å². The molecule has 24 heavy (non-hydrogen) atoms. The summed E-state index contributed by atoms with van der Waals surface area (Å²) in [6, 6.07) is 1.64. The first-order chi connectivity index (χ1) is 11.7. The van der Waals surface area contributed by atoms with Crippen LogP contribution in [0.1, 0.15) is 11.4 Å². The van der Waals surface area contributed by atoms with Crippen molar-refractivity contribution < 1.29 is 0 Å². The van der Waals surface area contributed by atoms with E-state index in [2.05, 4.69) is 24.8 Å². The predicted molar refractivity (Wildman–Crippen MR) is 93.6 cm³/mol. The van der Waals surface area contributed by atoms with Gasteiger partial charge >= 0.3 is 0 Å². The molecule has 1 saturated heterocycles. The zero-order chi connectivity index (χ0) is 16.5. The Balaban J connectivity index is 1.43. The van der Waals surface area contributed by atoms with Crippen LogP contribution in [0.2, 0.25) is 0 Å². The van der Waals surface area contributed by atoms with E-state index in [0.717, 1.165) is 48.3 Å². The molecule has 7 nitrogen and oxygen atoms in total. The SMILES string of the molecule is Cc1cncc(N2CCN(Cc3cc(=O)n4ccsc4n3)CC2)n1. The van der Waals surface area contributed by atoms with Crippen molar-refractivity contribution >= 4 is 22.1 Å². The van der Waals surface area contributed by atoms with Crippen molar-refractivity contribution in [3.8, 4) is 0 Å². The molecule has 8 heteroatoms. The summed E-state index contributed by atoms with van der Waals surface area (Å²) in [5.41, 5.74) is 1.76. The summed E-state index contributed by atoms with van der Waals surface area (Å²) in [5, 5.41) is 1.88. The lowest BCUT2D eigenvalue weighted by atomic mass is 10.3. The van der Waals surface area contributed by atoms with Crippen LogP contribution < -0.4 is 10.5 Å². The highest BCUT2D eigenvalue weighted by Crippen LogP contribution is 2.14. The van der Waals surface area contributed by atoms with Gasteiger partial charge in [0.15, 0.2) is 4.96 Å². The van der Waals surface area contributed by atoms with Crippen molar-refractivity contribution in [1.82, 2.24) is 24.3 Å². The number of fused-ring (bicyclic) bond motifs is 1. The molecule has 4 rings (SSSR count). The third kappa shape index (κ3) is 3.02. The lowest BCUT2D eigenvalue weighted by Crippen LogP contribution is -2.46. The Bertz CT molecular complexity index is 912. The normalized spacial score (nSPS) is 16.0. The van der Waals surface area contributed by atoms with Crippen molar-refractivity contribution in [2.45, 2.75) is 13.5 Å². The first-order valence-corrected chi connectivity index (χ1v) is 8.79. The molecule has 3 aromatic rings. The summed E-state index contributed by atoms with van der Waals surface area (Å²) in [4.78, 5) is 30.7. The highest BCUT2D eigenvalue weighted by atomic mass is 32.1. The van der Waals surface area contributed by atoms with Gasteiger partial charge in [-0.1, -0.05) is 0 Å². The van der Waals surface area contributed by atoms with Crippen LogP contribution in [0, 0.1) is 6.92 Å². The molecule has 0 bridgehead atoms. The topological polar surface area (TPSA) is 66.6 Å². The summed E-state index contributed by atoms with van der Waals surface area (Å²) < 4.78 is 1.59. The minimum Gasteiger partial charge on any atom is -0.353 e. The number of anilines is 1. The quantitative estimate of drug-likeness (QED) is 0.712. The van der Waals surface area contributed by atoms with Crippen LogP contribution in [-0.4, -0.2) is 50.4 Å². The maximum Gasteiger partial charge on any atom is 0.258 e. The Labute approximate surface area is 143 Å². The van der Waals surface area contributed by atoms with Gasteiger partial charge in [-0.3, -0.25) is 19.1 Å². The van der Waals surface area contributed by atoms with Gasteiger partial charge in [-0.05, 0) is 6.92 Å². The third-order valence-electron chi connectivity index (χ3n) is 4.18.